The Kier molecular flexibility index (Phi) is 2.52. The lowest BCUT2D eigenvalue weighted by Crippen LogP contribution is -2.45. The van der Waals surface area contributed by atoms with Gasteiger partial charge in [-0.2, -0.15) is 0 Å². The first-order valence-corrected chi connectivity index (χ1v) is 5.12. The van der Waals surface area contributed by atoms with E-state index in [9.17, 15) is 14.7 Å². The zero-order valence-corrected chi connectivity index (χ0v) is 8.90. The van der Waals surface area contributed by atoms with Crippen LogP contribution in [0.15, 0.2) is 24.3 Å². The van der Waals surface area contributed by atoms with Crippen molar-refractivity contribution in [1.82, 2.24) is 0 Å². The maximum atomic E-state index is 11.9. The summed E-state index contributed by atoms with van der Waals surface area (Å²) in [4.78, 5) is 23.4. The molecule has 1 aromatic carbocycles. The Balaban J connectivity index is 2.37. The zero-order chi connectivity index (χ0) is 11.8. The van der Waals surface area contributed by atoms with E-state index in [1.807, 2.05) is 0 Å². The number of ether oxygens (including phenoxy) is 1. The molecule has 0 heterocycles. The number of esters is 1. The molecule has 0 amide bonds. The Morgan fingerprint density at radius 2 is 2.19 bits per heavy atom. The van der Waals surface area contributed by atoms with Crippen molar-refractivity contribution in [1.29, 1.82) is 0 Å². The van der Waals surface area contributed by atoms with E-state index in [-0.39, 0.29) is 13.0 Å². The Bertz CT molecular complexity index is 452. The van der Waals surface area contributed by atoms with Crippen molar-refractivity contribution in [3.05, 3.63) is 35.4 Å². The summed E-state index contributed by atoms with van der Waals surface area (Å²) < 4.78 is 4.72. The fraction of sp³-hybridized carbons (Fsp3) is 0.333. The molecule has 2 rings (SSSR count). The maximum Gasteiger partial charge on any atom is 0.346 e. The monoisotopic (exact) mass is 220 g/mol. The van der Waals surface area contributed by atoms with Gasteiger partial charge in [-0.1, -0.05) is 24.3 Å². The van der Waals surface area contributed by atoms with Crippen molar-refractivity contribution in [3.63, 3.8) is 0 Å². The summed E-state index contributed by atoms with van der Waals surface area (Å²) in [6.45, 7) is 1.78. The van der Waals surface area contributed by atoms with Crippen LogP contribution in [0.1, 0.15) is 22.8 Å². The summed E-state index contributed by atoms with van der Waals surface area (Å²) in [5.41, 5.74) is -0.944. The Morgan fingerprint density at radius 1 is 1.50 bits per heavy atom. The van der Waals surface area contributed by atoms with Crippen molar-refractivity contribution in [3.8, 4) is 0 Å². The molecule has 0 bridgehead atoms. The van der Waals surface area contributed by atoms with Gasteiger partial charge < -0.3 is 9.84 Å². The average Bonchev–Trinajstić information content (AvgIpc) is 2.54. The van der Waals surface area contributed by atoms with Crippen molar-refractivity contribution < 1.29 is 19.4 Å². The van der Waals surface area contributed by atoms with Gasteiger partial charge in [0, 0.05) is 12.0 Å². The molecular formula is C12H12O4. The molecule has 1 aromatic rings. The van der Waals surface area contributed by atoms with Gasteiger partial charge in [0.05, 0.1) is 6.61 Å². The minimum Gasteiger partial charge on any atom is -0.463 e. The molecule has 16 heavy (non-hydrogen) atoms. The van der Waals surface area contributed by atoms with E-state index in [1.54, 1.807) is 31.2 Å². The largest absolute Gasteiger partial charge is 0.463 e. The van der Waals surface area contributed by atoms with Crippen molar-refractivity contribution in [2.45, 2.75) is 18.9 Å². The van der Waals surface area contributed by atoms with E-state index < -0.39 is 17.4 Å². The molecule has 0 fully saturated rings. The molecule has 0 spiro atoms. The van der Waals surface area contributed by atoms with Crippen LogP contribution in [0.25, 0.3) is 0 Å². The molecule has 0 unspecified atom stereocenters. The molecule has 1 aliphatic rings. The van der Waals surface area contributed by atoms with E-state index in [2.05, 4.69) is 0 Å². The highest BCUT2D eigenvalue weighted by Crippen LogP contribution is 2.30. The van der Waals surface area contributed by atoms with Gasteiger partial charge in [-0.3, -0.25) is 4.79 Å². The van der Waals surface area contributed by atoms with Crippen molar-refractivity contribution in [2.75, 3.05) is 6.61 Å². The van der Waals surface area contributed by atoms with Crippen LogP contribution in [0.2, 0.25) is 0 Å². The summed E-state index contributed by atoms with van der Waals surface area (Å²) in [6.07, 6.45) is 0.000833. The number of carbonyl (C=O) groups is 2. The number of benzene rings is 1. The average molecular weight is 220 g/mol. The standard InChI is InChI=1S/C12H12O4/c1-2-16-11(14)12(15)7-8-5-3-4-6-9(8)10(12)13/h3-6,15H,2,7H2,1H3/t12-/m0/s1. The molecule has 1 aliphatic carbocycles. The van der Waals surface area contributed by atoms with Crippen LogP contribution in [-0.4, -0.2) is 29.1 Å². The number of carbonyl (C=O) groups excluding carboxylic acids is 2. The molecule has 4 nitrogen and oxygen atoms in total. The van der Waals surface area contributed by atoms with Crippen molar-refractivity contribution in [2.24, 2.45) is 0 Å². The lowest BCUT2D eigenvalue weighted by atomic mass is 10.00. The summed E-state index contributed by atoms with van der Waals surface area (Å²) >= 11 is 0. The predicted molar refractivity (Wildman–Crippen MR) is 56.1 cm³/mol. The second kappa shape index (κ2) is 3.72. The molecular weight excluding hydrogens is 208 g/mol. The second-order valence-corrected chi connectivity index (χ2v) is 3.74. The third-order valence-corrected chi connectivity index (χ3v) is 2.70. The fourth-order valence-electron chi connectivity index (χ4n) is 1.89. The highest BCUT2D eigenvalue weighted by molar-refractivity contribution is 6.18. The van der Waals surface area contributed by atoms with Crippen LogP contribution in [0, 0.1) is 0 Å². The lowest BCUT2D eigenvalue weighted by molar-refractivity contribution is -0.159. The number of aliphatic hydroxyl groups is 1. The quantitative estimate of drug-likeness (QED) is 0.589. The van der Waals surface area contributed by atoms with Gasteiger partial charge in [0.2, 0.25) is 11.4 Å². The fourth-order valence-corrected chi connectivity index (χ4v) is 1.89. The van der Waals surface area contributed by atoms with Crippen LogP contribution < -0.4 is 0 Å². The highest BCUT2D eigenvalue weighted by Gasteiger charge is 2.51. The molecule has 0 aromatic heterocycles. The lowest BCUT2D eigenvalue weighted by Gasteiger charge is -2.17. The van der Waals surface area contributed by atoms with E-state index in [4.69, 9.17) is 4.74 Å². The first kappa shape index (κ1) is 10.8. The van der Waals surface area contributed by atoms with Gasteiger partial charge >= 0.3 is 5.97 Å². The van der Waals surface area contributed by atoms with E-state index >= 15 is 0 Å². The summed E-state index contributed by atoms with van der Waals surface area (Å²) in [6, 6.07) is 6.80. The van der Waals surface area contributed by atoms with Gasteiger partial charge in [0.15, 0.2) is 0 Å². The number of rotatable bonds is 2. The van der Waals surface area contributed by atoms with Crippen LogP contribution in [0.4, 0.5) is 0 Å². The van der Waals surface area contributed by atoms with Gasteiger partial charge in [-0.05, 0) is 12.5 Å². The Hall–Kier alpha value is -1.68. The zero-order valence-electron chi connectivity index (χ0n) is 8.90. The molecule has 0 saturated carbocycles. The minimum absolute atomic E-state index is 0.000833. The van der Waals surface area contributed by atoms with Gasteiger partial charge in [-0.15, -0.1) is 0 Å². The normalized spacial score (nSPS) is 23.0. The maximum absolute atomic E-state index is 11.9. The molecule has 0 radical (unpaired) electrons. The molecule has 1 N–H and O–H groups in total. The van der Waals surface area contributed by atoms with Gasteiger partial charge in [0.25, 0.3) is 0 Å². The van der Waals surface area contributed by atoms with Crippen molar-refractivity contribution >= 4 is 11.8 Å². The number of hydrogen-bond acceptors (Lipinski definition) is 4. The number of ketones is 1. The third-order valence-electron chi connectivity index (χ3n) is 2.70. The first-order chi connectivity index (χ1) is 7.59. The predicted octanol–water partition coefficient (Wildman–Crippen LogP) is 0.720. The Morgan fingerprint density at radius 3 is 2.81 bits per heavy atom. The van der Waals surface area contributed by atoms with Gasteiger partial charge in [-0.25, -0.2) is 4.79 Å². The van der Waals surface area contributed by atoms with E-state index in [0.717, 1.165) is 0 Å². The first-order valence-electron chi connectivity index (χ1n) is 5.12. The third kappa shape index (κ3) is 1.42. The molecule has 0 aliphatic heterocycles. The van der Waals surface area contributed by atoms with E-state index in [1.165, 1.54) is 0 Å². The van der Waals surface area contributed by atoms with Gasteiger partial charge in [0.1, 0.15) is 0 Å². The van der Waals surface area contributed by atoms with E-state index in [0.29, 0.717) is 11.1 Å². The van der Waals surface area contributed by atoms with Crippen LogP contribution >= 0.6 is 0 Å². The van der Waals surface area contributed by atoms with Crippen LogP contribution in [0.5, 0.6) is 0 Å². The smallest absolute Gasteiger partial charge is 0.346 e. The number of fused-ring (bicyclic) bond motifs is 1. The summed E-state index contributed by atoms with van der Waals surface area (Å²) in [7, 11) is 0. The van der Waals surface area contributed by atoms with Crippen LogP contribution in [0.3, 0.4) is 0 Å². The molecule has 1 atom stereocenters. The molecule has 0 saturated heterocycles. The number of Topliss-reactive ketones (excluding diaryl/α,β-unsaturated/α-hetero) is 1. The number of hydrogen-bond donors (Lipinski definition) is 1. The molecule has 84 valence electrons. The van der Waals surface area contributed by atoms with Crippen LogP contribution in [-0.2, 0) is 16.0 Å². The Labute approximate surface area is 92.8 Å². The highest BCUT2D eigenvalue weighted by atomic mass is 16.5. The minimum atomic E-state index is -2.03. The second-order valence-electron chi connectivity index (χ2n) is 3.74. The topological polar surface area (TPSA) is 63.6 Å². The SMILES string of the molecule is CCOC(=O)[C@]1(O)Cc2ccccc2C1=O. The molecule has 4 heteroatoms. The summed E-state index contributed by atoms with van der Waals surface area (Å²) in [5.74, 6) is -1.43. The summed E-state index contributed by atoms with van der Waals surface area (Å²) in [5, 5.41) is 10.1.